The Kier molecular flexibility index (Phi) is 4.24. The highest BCUT2D eigenvalue weighted by Crippen LogP contribution is 2.26. The van der Waals surface area contributed by atoms with Gasteiger partial charge in [0.25, 0.3) is 0 Å². The molecule has 0 bridgehead atoms. The molecule has 2 heterocycles. The lowest BCUT2D eigenvalue weighted by Gasteiger charge is -2.14. The number of rotatable bonds is 3. The number of aromatic hydroxyl groups is 1. The van der Waals surface area contributed by atoms with Crippen molar-refractivity contribution in [2.45, 2.75) is 12.8 Å². The highest BCUT2D eigenvalue weighted by Gasteiger charge is 2.16. The van der Waals surface area contributed by atoms with Crippen LogP contribution in [0, 0.1) is 0 Å². The minimum Gasteiger partial charge on any atom is -0.506 e. The molecule has 2 aromatic rings. The average Bonchev–Trinajstić information content (AvgIpc) is 3.03. The highest BCUT2D eigenvalue weighted by atomic mass is 32.1. The van der Waals surface area contributed by atoms with Gasteiger partial charge in [-0.15, -0.1) is 11.3 Å². The van der Waals surface area contributed by atoms with Gasteiger partial charge < -0.3 is 9.84 Å². The molecule has 0 atom stereocenters. The minimum absolute atomic E-state index is 0.0866. The van der Waals surface area contributed by atoms with Crippen LogP contribution in [0.3, 0.4) is 0 Å². The van der Waals surface area contributed by atoms with Crippen LogP contribution in [0.25, 0.3) is 0 Å². The van der Waals surface area contributed by atoms with Crippen molar-refractivity contribution in [1.29, 1.82) is 0 Å². The van der Waals surface area contributed by atoms with Gasteiger partial charge in [-0.25, -0.2) is 10.2 Å². The van der Waals surface area contributed by atoms with Crippen molar-refractivity contribution in [1.82, 2.24) is 5.43 Å². The maximum atomic E-state index is 11.8. The predicted molar refractivity (Wildman–Crippen MR) is 86.0 cm³/mol. The second-order valence-corrected chi connectivity index (χ2v) is 5.58. The topological polar surface area (TPSA) is 100 Å². The van der Waals surface area contributed by atoms with E-state index in [1.165, 1.54) is 17.4 Å². The van der Waals surface area contributed by atoms with E-state index in [0.717, 1.165) is 0 Å². The summed E-state index contributed by atoms with van der Waals surface area (Å²) in [7, 11) is 0. The lowest BCUT2D eigenvalue weighted by atomic mass is 10.0. The molecular formula is C15H13N3O4S. The number of hydrogen-bond donors (Lipinski definition) is 3. The molecule has 2 amide bonds. The first kappa shape index (κ1) is 15.0. The molecule has 1 aliphatic rings. The zero-order valence-corrected chi connectivity index (χ0v) is 12.7. The Morgan fingerprint density at radius 2 is 2.22 bits per heavy atom. The molecule has 1 aromatic carbocycles. The van der Waals surface area contributed by atoms with Crippen molar-refractivity contribution < 1.29 is 19.4 Å². The average molecular weight is 331 g/mol. The predicted octanol–water partition coefficient (Wildman–Crippen LogP) is 2.68. The Labute approximate surface area is 135 Å². The number of nitrogens with zero attached hydrogens (tertiary/aromatic N) is 1. The van der Waals surface area contributed by atoms with E-state index in [4.69, 9.17) is 4.74 Å². The summed E-state index contributed by atoms with van der Waals surface area (Å²) in [6.45, 7) is 0. The zero-order chi connectivity index (χ0) is 16.2. The van der Waals surface area contributed by atoms with Gasteiger partial charge in [0.2, 0.25) is 5.91 Å². The normalized spacial score (nSPS) is 13.9. The van der Waals surface area contributed by atoms with E-state index in [9.17, 15) is 14.7 Å². The van der Waals surface area contributed by atoms with Crippen LogP contribution in [0.15, 0.2) is 40.1 Å². The van der Waals surface area contributed by atoms with Gasteiger partial charge in [-0.2, -0.15) is 5.10 Å². The monoisotopic (exact) mass is 331 g/mol. The molecule has 0 saturated heterocycles. The molecule has 0 unspecified atom stereocenters. The first-order valence-corrected chi connectivity index (χ1v) is 7.76. The number of amides is 2. The van der Waals surface area contributed by atoms with Gasteiger partial charge in [-0.1, -0.05) is 0 Å². The van der Waals surface area contributed by atoms with E-state index < -0.39 is 6.09 Å². The van der Waals surface area contributed by atoms with E-state index in [1.807, 2.05) is 0 Å². The van der Waals surface area contributed by atoms with E-state index >= 15 is 0 Å². The molecule has 0 saturated carbocycles. The number of anilines is 1. The second kappa shape index (κ2) is 6.49. The summed E-state index contributed by atoms with van der Waals surface area (Å²) < 4.78 is 5.07. The number of carbonyl (C=O) groups excluding carboxylic acids is 2. The van der Waals surface area contributed by atoms with E-state index in [-0.39, 0.29) is 17.3 Å². The molecule has 0 spiro atoms. The first-order chi connectivity index (χ1) is 11.1. The molecule has 1 aliphatic heterocycles. The summed E-state index contributed by atoms with van der Waals surface area (Å²) in [5.41, 5.74) is 4.00. The summed E-state index contributed by atoms with van der Waals surface area (Å²) in [4.78, 5) is 23.0. The third kappa shape index (κ3) is 3.67. The number of hydrogen-bond acceptors (Lipinski definition) is 6. The van der Waals surface area contributed by atoms with Gasteiger partial charge in [0.15, 0.2) is 0 Å². The molecule has 8 heteroatoms. The number of carbonyl (C=O) groups is 2. The fraction of sp³-hybridized carbons (Fsp3) is 0.133. The Bertz CT molecular complexity index is 771. The van der Waals surface area contributed by atoms with Gasteiger partial charge in [0.1, 0.15) is 11.5 Å². The van der Waals surface area contributed by atoms with Crippen LogP contribution < -0.4 is 15.5 Å². The van der Waals surface area contributed by atoms with E-state index in [1.54, 1.807) is 29.0 Å². The Hall–Kier alpha value is -2.87. The number of hydrazone groups is 1. The number of thiophene rings is 1. The van der Waals surface area contributed by atoms with Gasteiger partial charge in [0, 0.05) is 23.8 Å². The largest absolute Gasteiger partial charge is 0.506 e. The van der Waals surface area contributed by atoms with Gasteiger partial charge in [0.05, 0.1) is 11.4 Å². The van der Waals surface area contributed by atoms with Crippen LogP contribution >= 0.6 is 11.3 Å². The molecule has 3 N–H and O–H groups in total. The molecule has 7 nitrogen and oxygen atoms in total. The maximum absolute atomic E-state index is 11.8. The fourth-order valence-corrected chi connectivity index (χ4v) is 2.60. The molecule has 1 aromatic heterocycles. The quantitative estimate of drug-likeness (QED) is 0.753. The molecule has 0 aliphatic carbocycles. The van der Waals surface area contributed by atoms with Gasteiger partial charge in [-0.3, -0.25) is 10.1 Å². The smallest absolute Gasteiger partial charge is 0.417 e. The van der Waals surface area contributed by atoms with Crippen molar-refractivity contribution in [3.05, 3.63) is 40.6 Å². The third-order valence-electron chi connectivity index (χ3n) is 3.18. The second-order valence-electron chi connectivity index (χ2n) is 4.80. The summed E-state index contributed by atoms with van der Waals surface area (Å²) in [6, 6.07) is 6.37. The zero-order valence-electron chi connectivity index (χ0n) is 11.9. The Balaban J connectivity index is 1.75. The standard InChI is InChI=1S/C15H13N3O4S/c19-13-3-1-9(11-2-4-14(20)18-17-11)7-12(13)16-15(21)22-10-5-6-23-8-10/h1,3,5-8,19H,2,4H2,(H,16,21)(H,18,20). The van der Waals surface area contributed by atoms with Crippen LogP contribution in [-0.4, -0.2) is 22.8 Å². The van der Waals surface area contributed by atoms with Crippen molar-refractivity contribution in [3.63, 3.8) is 0 Å². The molecule has 0 fully saturated rings. The minimum atomic E-state index is -0.699. The lowest BCUT2D eigenvalue weighted by Crippen LogP contribution is -2.26. The van der Waals surface area contributed by atoms with E-state index in [2.05, 4.69) is 15.8 Å². The van der Waals surface area contributed by atoms with Crippen LogP contribution in [0.1, 0.15) is 18.4 Å². The fourth-order valence-electron chi connectivity index (χ4n) is 2.05. The Morgan fingerprint density at radius 3 is 2.91 bits per heavy atom. The first-order valence-electron chi connectivity index (χ1n) is 6.81. The molecule has 0 radical (unpaired) electrons. The maximum Gasteiger partial charge on any atom is 0.417 e. The van der Waals surface area contributed by atoms with Gasteiger partial charge in [-0.05, 0) is 29.6 Å². The third-order valence-corrected chi connectivity index (χ3v) is 3.84. The SMILES string of the molecule is O=C1CCC(c2ccc(O)c(NC(=O)Oc3ccsc3)c2)=NN1. The molecule has 3 rings (SSSR count). The van der Waals surface area contributed by atoms with E-state index in [0.29, 0.717) is 29.9 Å². The summed E-state index contributed by atoms with van der Waals surface area (Å²) in [5, 5.41) is 19.8. The molecular weight excluding hydrogens is 318 g/mol. The summed E-state index contributed by atoms with van der Waals surface area (Å²) in [5.74, 6) is 0.212. The summed E-state index contributed by atoms with van der Waals surface area (Å²) in [6.07, 6.45) is 0.146. The highest BCUT2D eigenvalue weighted by molar-refractivity contribution is 7.08. The lowest BCUT2D eigenvalue weighted by molar-refractivity contribution is -0.121. The van der Waals surface area contributed by atoms with Crippen LogP contribution in [0.5, 0.6) is 11.5 Å². The number of phenols is 1. The number of phenolic OH excluding ortho intramolecular Hbond substituents is 1. The van der Waals surface area contributed by atoms with Crippen molar-refractivity contribution >= 4 is 34.7 Å². The Morgan fingerprint density at radius 1 is 1.35 bits per heavy atom. The number of nitrogens with one attached hydrogen (secondary N) is 2. The molecule has 23 heavy (non-hydrogen) atoms. The number of benzene rings is 1. The van der Waals surface area contributed by atoms with Crippen molar-refractivity contribution in [2.75, 3.05) is 5.32 Å². The van der Waals surface area contributed by atoms with Crippen molar-refractivity contribution in [3.8, 4) is 11.5 Å². The molecule has 118 valence electrons. The van der Waals surface area contributed by atoms with Crippen LogP contribution in [0.2, 0.25) is 0 Å². The van der Waals surface area contributed by atoms with Crippen LogP contribution in [-0.2, 0) is 4.79 Å². The number of ether oxygens (including phenoxy) is 1. The van der Waals surface area contributed by atoms with Gasteiger partial charge >= 0.3 is 6.09 Å². The van der Waals surface area contributed by atoms with Crippen LogP contribution in [0.4, 0.5) is 10.5 Å². The van der Waals surface area contributed by atoms with Crippen molar-refractivity contribution in [2.24, 2.45) is 5.10 Å². The summed E-state index contributed by atoms with van der Waals surface area (Å²) >= 11 is 1.41.